The van der Waals surface area contributed by atoms with Crippen molar-refractivity contribution in [1.29, 1.82) is 0 Å². The summed E-state index contributed by atoms with van der Waals surface area (Å²) in [4.78, 5) is 12.4. The summed E-state index contributed by atoms with van der Waals surface area (Å²) in [5.41, 5.74) is 6.10. The molecule has 0 aromatic carbocycles. The summed E-state index contributed by atoms with van der Waals surface area (Å²) in [7, 11) is 0. The zero-order valence-electron chi connectivity index (χ0n) is 9.80. The van der Waals surface area contributed by atoms with Gasteiger partial charge in [0.05, 0.1) is 0 Å². The van der Waals surface area contributed by atoms with Gasteiger partial charge in [0.2, 0.25) is 0 Å². The molecule has 2 aliphatic rings. The molecule has 2 N–H and O–H groups in total. The van der Waals surface area contributed by atoms with Crippen molar-refractivity contribution in [3.05, 3.63) is 0 Å². The lowest BCUT2D eigenvalue weighted by molar-refractivity contribution is -0.131. The second kappa shape index (κ2) is 4.25. The van der Waals surface area contributed by atoms with E-state index in [0.29, 0.717) is 5.78 Å². The molecule has 0 aromatic rings. The molecule has 2 saturated carbocycles. The number of hydrogen-bond acceptors (Lipinski definition) is 2. The van der Waals surface area contributed by atoms with E-state index in [-0.39, 0.29) is 17.4 Å². The highest BCUT2D eigenvalue weighted by atomic mass is 16.1. The Kier molecular flexibility index (Phi) is 3.15. The lowest BCUT2D eigenvalue weighted by Crippen LogP contribution is -2.38. The van der Waals surface area contributed by atoms with Gasteiger partial charge in [-0.05, 0) is 32.1 Å². The molecule has 0 aromatic heterocycles. The summed E-state index contributed by atoms with van der Waals surface area (Å²) >= 11 is 0. The van der Waals surface area contributed by atoms with Gasteiger partial charge in [0.1, 0.15) is 5.78 Å². The molecule has 1 spiro atoms. The first-order valence-corrected chi connectivity index (χ1v) is 6.49. The fourth-order valence-corrected chi connectivity index (χ4v) is 3.50. The molecule has 2 atom stereocenters. The minimum absolute atomic E-state index is 0.0652. The fourth-order valence-electron chi connectivity index (χ4n) is 3.50. The minimum atomic E-state index is 0.0652. The molecule has 0 saturated heterocycles. The number of carbonyl (C=O) groups is 1. The first kappa shape index (κ1) is 11.1. The van der Waals surface area contributed by atoms with Gasteiger partial charge in [-0.15, -0.1) is 0 Å². The Labute approximate surface area is 92.6 Å². The number of ketones is 1. The molecule has 15 heavy (non-hydrogen) atoms. The van der Waals surface area contributed by atoms with E-state index in [2.05, 4.69) is 6.92 Å². The molecular formula is C13H23NO. The Morgan fingerprint density at radius 2 is 2.00 bits per heavy atom. The second-order valence-electron chi connectivity index (χ2n) is 5.42. The Bertz CT molecular complexity index is 243. The average Bonchev–Trinajstić information content (AvgIpc) is 2.58. The van der Waals surface area contributed by atoms with Crippen molar-refractivity contribution in [2.75, 3.05) is 0 Å². The van der Waals surface area contributed by atoms with Gasteiger partial charge in [-0.2, -0.15) is 0 Å². The zero-order chi connectivity index (χ0) is 10.9. The van der Waals surface area contributed by atoms with Gasteiger partial charge in [-0.1, -0.05) is 26.2 Å². The van der Waals surface area contributed by atoms with Crippen LogP contribution in [0.25, 0.3) is 0 Å². The normalized spacial score (nSPS) is 32.1. The van der Waals surface area contributed by atoms with E-state index < -0.39 is 0 Å². The molecular weight excluding hydrogens is 186 g/mol. The van der Waals surface area contributed by atoms with Crippen LogP contribution in [0.5, 0.6) is 0 Å². The smallest absolute Gasteiger partial charge is 0.143 e. The van der Waals surface area contributed by atoms with Crippen LogP contribution < -0.4 is 5.73 Å². The molecule has 0 amide bonds. The van der Waals surface area contributed by atoms with E-state index in [9.17, 15) is 4.79 Å². The highest BCUT2D eigenvalue weighted by molar-refractivity contribution is 5.89. The average molecular weight is 209 g/mol. The molecule has 0 bridgehead atoms. The molecule has 2 heteroatoms. The van der Waals surface area contributed by atoms with Crippen LogP contribution in [0.15, 0.2) is 0 Å². The van der Waals surface area contributed by atoms with Gasteiger partial charge in [0.15, 0.2) is 0 Å². The number of nitrogens with two attached hydrogens (primary N) is 1. The SMILES string of the molecule is CCC(N)C1CCC2(CCCCC2)C1=O. The summed E-state index contributed by atoms with van der Waals surface area (Å²) in [6, 6.07) is 0.110. The fraction of sp³-hybridized carbons (Fsp3) is 0.923. The molecule has 2 aliphatic carbocycles. The standard InChI is InChI=1S/C13H23NO/c1-2-11(14)10-6-9-13(12(10)15)7-4-3-5-8-13/h10-11H,2-9,14H2,1H3. The quantitative estimate of drug-likeness (QED) is 0.759. The first-order valence-electron chi connectivity index (χ1n) is 6.49. The predicted molar refractivity (Wildman–Crippen MR) is 61.5 cm³/mol. The van der Waals surface area contributed by atoms with Gasteiger partial charge < -0.3 is 5.73 Å². The molecule has 2 nitrogen and oxygen atoms in total. The van der Waals surface area contributed by atoms with Crippen LogP contribution in [0.2, 0.25) is 0 Å². The van der Waals surface area contributed by atoms with Gasteiger partial charge >= 0.3 is 0 Å². The molecule has 2 rings (SSSR count). The maximum absolute atomic E-state index is 12.4. The van der Waals surface area contributed by atoms with E-state index in [1.54, 1.807) is 0 Å². The third-order valence-electron chi connectivity index (χ3n) is 4.59. The van der Waals surface area contributed by atoms with Crippen molar-refractivity contribution in [3.8, 4) is 0 Å². The number of carbonyl (C=O) groups excluding carboxylic acids is 1. The molecule has 2 unspecified atom stereocenters. The van der Waals surface area contributed by atoms with Gasteiger partial charge in [-0.25, -0.2) is 0 Å². The van der Waals surface area contributed by atoms with Crippen molar-refractivity contribution in [3.63, 3.8) is 0 Å². The highest BCUT2D eigenvalue weighted by Crippen LogP contribution is 2.49. The van der Waals surface area contributed by atoms with Crippen LogP contribution in [-0.4, -0.2) is 11.8 Å². The zero-order valence-corrected chi connectivity index (χ0v) is 9.80. The monoisotopic (exact) mass is 209 g/mol. The summed E-state index contributed by atoms with van der Waals surface area (Å²) in [6.45, 7) is 2.09. The second-order valence-corrected chi connectivity index (χ2v) is 5.42. The van der Waals surface area contributed by atoms with Gasteiger partial charge in [-0.3, -0.25) is 4.79 Å². The lowest BCUT2D eigenvalue weighted by atomic mass is 9.71. The molecule has 86 valence electrons. The molecule has 2 fully saturated rings. The minimum Gasteiger partial charge on any atom is -0.327 e. The maximum atomic E-state index is 12.4. The largest absolute Gasteiger partial charge is 0.327 e. The van der Waals surface area contributed by atoms with E-state index in [1.807, 2.05) is 0 Å². The Morgan fingerprint density at radius 1 is 1.33 bits per heavy atom. The predicted octanol–water partition coefficient (Wildman–Crippen LogP) is 2.65. The van der Waals surface area contributed by atoms with Crippen LogP contribution in [0, 0.1) is 11.3 Å². The molecule has 0 heterocycles. The lowest BCUT2D eigenvalue weighted by Gasteiger charge is -2.32. The highest BCUT2D eigenvalue weighted by Gasteiger charge is 2.48. The number of Topliss-reactive ketones (excluding diaryl/α,β-unsaturated/α-hetero) is 1. The van der Waals surface area contributed by atoms with Crippen molar-refractivity contribution < 1.29 is 4.79 Å². The van der Waals surface area contributed by atoms with E-state index in [0.717, 1.165) is 32.1 Å². The summed E-state index contributed by atoms with van der Waals surface area (Å²) in [5.74, 6) is 0.685. The molecule has 0 aliphatic heterocycles. The van der Waals surface area contributed by atoms with E-state index in [1.165, 1.54) is 19.3 Å². The van der Waals surface area contributed by atoms with Crippen molar-refractivity contribution in [2.45, 2.75) is 64.3 Å². The van der Waals surface area contributed by atoms with Crippen molar-refractivity contribution >= 4 is 5.78 Å². The Hall–Kier alpha value is -0.370. The van der Waals surface area contributed by atoms with Crippen molar-refractivity contribution in [2.24, 2.45) is 17.1 Å². The van der Waals surface area contributed by atoms with E-state index >= 15 is 0 Å². The maximum Gasteiger partial charge on any atom is 0.143 e. The van der Waals surface area contributed by atoms with E-state index in [4.69, 9.17) is 5.73 Å². The van der Waals surface area contributed by atoms with Crippen LogP contribution in [0.1, 0.15) is 58.3 Å². The van der Waals surface area contributed by atoms with Crippen LogP contribution >= 0.6 is 0 Å². The summed E-state index contributed by atoms with van der Waals surface area (Å²) in [6.07, 6.45) is 9.20. The third kappa shape index (κ3) is 1.84. The topological polar surface area (TPSA) is 43.1 Å². The Morgan fingerprint density at radius 3 is 2.60 bits per heavy atom. The summed E-state index contributed by atoms with van der Waals surface area (Å²) < 4.78 is 0. The number of rotatable bonds is 2. The number of hydrogen-bond donors (Lipinski definition) is 1. The van der Waals surface area contributed by atoms with Crippen LogP contribution in [0.3, 0.4) is 0 Å². The summed E-state index contributed by atoms with van der Waals surface area (Å²) in [5, 5.41) is 0. The van der Waals surface area contributed by atoms with Crippen molar-refractivity contribution in [1.82, 2.24) is 0 Å². The third-order valence-corrected chi connectivity index (χ3v) is 4.59. The van der Waals surface area contributed by atoms with Crippen LogP contribution in [-0.2, 0) is 4.79 Å². The first-order chi connectivity index (χ1) is 7.19. The van der Waals surface area contributed by atoms with Gasteiger partial charge in [0.25, 0.3) is 0 Å². The molecule has 0 radical (unpaired) electrons. The Balaban J connectivity index is 2.08. The van der Waals surface area contributed by atoms with Gasteiger partial charge in [0, 0.05) is 17.4 Å². The van der Waals surface area contributed by atoms with Crippen LogP contribution in [0.4, 0.5) is 0 Å².